The highest BCUT2D eigenvalue weighted by molar-refractivity contribution is 5.76. The van der Waals surface area contributed by atoms with Crippen LogP contribution in [0.2, 0.25) is 0 Å². The fourth-order valence-corrected chi connectivity index (χ4v) is 10.8. The first-order valence-electron chi connectivity index (χ1n) is 14.2. The van der Waals surface area contributed by atoms with Crippen LogP contribution in [-0.4, -0.2) is 24.3 Å². The summed E-state index contributed by atoms with van der Waals surface area (Å²) in [7, 11) is 1.56. The lowest BCUT2D eigenvalue weighted by atomic mass is 9.33. The van der Waals surface area contributed by atoms with Crippen molar-refractivity contribution >= 4 is 5.97 Å². The first-order valence-corrected chi connectivity index (χ1v) is 14.2. The van der Waals surface area contributed by atoms with E-state index in [1.165, 1.54) is 32.1 Å². The van der Waals surface area contributed by atoms with E-state index in [2.05, 4.69) is 54.5 Å². The Bertz CT molecular complexity index is 904. The van der Waals surface area contributed by atoms with E-state index >= 15 is 0 Å². The van der Waals surface area contributed by atoms with Crippen LogP contribution in [-0.2, 0) is 9.53 Å². The van der Waals surface area contributed by atoms with E-state index in [0.717, 1.165) is 32.1 Å². The van der Waals surface area contributed by atoms with E-state index in [0.29, 0.717) is 23.2 Å². The number of carbonyl (C=O) groups excluding carboxylic acids is 1. The number of hydrogen-bond donors (Lipinski definition) is 1. The van der Waals surface area contributed by atoms with E-state index in [4.69, 9.17) is 4.74 Å². The van der Waals surface area contributed by atoms with E-state index in [1.807, 2.05) is 0 Å². The van der Waals surface area contributed by atoms with Gasteiger partial charge in [-0.05, 0) is 116 Å². The Hall–Kier alpha value is -0.830. The Labute approximate surface area is 208 Å². The van der Waals surface area contributed by atoms with Gasteiger partial charge in [0.05, 0.1) is 18.6 Å². The van der Waals surface area contributed by atoms with Crippen molar-refractivity contribution in [2.45, 2.75) is 119 Å². The minimum Gasteiger partial charge on any atom is -0.469 e. The summed E-state index contributed by atoms with van der Waals surface area (Å²) in [4.78, 5) is 12.8. The molecule has 3 nitrogen and oxygen atoms in total. The lowest BCUT2D eigenvalue weighted by molar-refractivity contribution is -0.203. The topological polar surface area (TPSA) is 46.5 Å². The molecular formula is C31H50O3. The van der Waals surface area contributed by atoms with E-state index in [1.54, 1.807) is 12.7 Å². The molecule has 192 valence electrons. The third kappa shape index (κ3) is 2.94. The van der Waals surface area contributed by atoms with Gasteiger partial charge < -0.3 is 9.84 Å². The van der Waals surface area contributed by atoms with Crippen molar-refractivity contribution in [3.63, 3.8) is 0 Å². The first-order chi connectivity index (χ1) is 15.7. The van der Waals surface area contributed by atoms with Crippen LogP contribution in [0.1, 0.15) is 113 Å². The number of fused-ring (bicyclic) bond motifs is 7. The van der Waals surface area contributed by atoms with Gasteiger partial charge in [-0.15, -0.1) is 0 Å². The summed E-state index contributed by atoms with van der Waals surface area (Å²) in [5, 5.41) is 10.9. The van der Waals surface area contributed by atoms with Crippen molar-refractivity contribution in [3.8, 4) is 0 Å². The van der Waals surface area contributed by atoms with Gasteiger partial charge in [-0.3, -0.25) is 4.79 Å². The molecule has 5 aliphatic carbocycles. The highest BCUT2D eigenvalue weighted by atomic mass is 16.5. The number of esters is 1. The molecule has 0 radical (unpaired) electrons. The normalized spacial score (nSPS) is 54.0. The molecule has 0 heterocycles. The van der Waals surface area contributed by atoms with Crippen LogP contribution in [0.5, 0.6) is 0 Å². The minimum absolute atomic E-state index is 0.00391. The van der Waals surface area contributed by atoms with Gasteiger partial charge in [-0.2, -0.15) is 0 Å². The zero-order chi connectivity index (χ0) is 24.9. The number of hydrogen-bond acceptors (Lipinski definition) is 3. The van der Waals surface area contributed by atoms with Crippen LogP contribution in [0.4, 0.5) is 0 Å². The molecule has 0 amide bonds. The number of allylic oxidation sites excluding steroid dienone is 2. The average molecular weight is 471 g/mol. The van der Waals surface area contributed by atoms with Crippen LogP contribution in [0, 0.1) is 50.2 Å². The quantitative estimate of drug-likeness (QED) is 0.322. The smallest absolute Gasteiger partial charge is 0.311 e. The Balaban J connectivity index is 1.56. The van der Waals surface area contributed by atoms with Gasteiger partial charge in [-0.1, -0.05) is 53.2 Å². The Morgan fingerprint density at radius 2 is 1.59 bits per heavy atom. The molecule has 3 heteroatoms. The highest BCUT2D eigenvalue weighted by Crippen LogP contribution is 2.75. The molecule has 34 heavy (non-hydrogen) atoms. The maximum atomic E-state index is 12.8. The van der Waals surface area contributed by atoms with Crippen LogP contribution in [0.3, 0.4) is 0 Å². The molecule has 0 aromatic heterocycles. The number of carbonyl (C=O) groups is 1. The molecule has 0 bridgehead atoms. The first kappa shape index (κ1) is 24.8. The Morgan fingerprint density at radius 3 is 2.26 bits per heavy atom. The van der Waals surface area contributed by atoms with Crippen LogP contribution >= 0.6 is 0 Å². The average Bonchev–Trinajstić information content (AvgIpc) is 2.77. The minimum atomic E-state index is -0.358. The van der Waals surface area contributed by atoms with E-state index in [-0.39, 0.29) is 39.1 Å². The summed E-state index contributed by atoms with van der Waals surface area (Å²) in [6, 6.07) is 0. The molecule has 0 saturated heterocycles. The monoisotopic (exact) mass is 470 g/mol. The van der Waals surface area contributed by atoms with E-state index < -0.39 is 0 Å². The Kier molecular flexibility index (Phi) is 5.38. The third-order valence-electron chi connectivity index (χ3n) is 13.5. The number of aliphatic hydroxyl groups excluding tert-OH is 1. The van der Waals surface area contributed by atoms with Crippen molar-refractivity contribution < 1.29 is 14.6 Å². The largest absolute Gasteiger partial charge is 0.469 e. The predicted molar refractivity (Wildman–Crippen MR) is 137 cm³/mol. The maximum Gasteiger partial charge on any atom is 0.311 e. The van der Waals surface area contributed by atoms with E-state index in [9.17, 15) is 9.90 Å². The standard InChI is InChI=1S/C31H50O3/c1-26(2)22-11-14-31(7)23(29(22,5)13-12-24(26)32)10-9-20-21-19-28(4,25(33)34-8)16-15-27(21,3)17-18-30(20,31)6/h9,21-24,32H,10-19H2,1-8H3. The van der Waals surface area contributed by atoms with Gasteiger partial charge in [0.15, 0.2) is 0 Å². The number of methoxy groups -OCH3 is 1. The maximum absolute atomic E-state index is 12.8. The predicted octanol–water partition coefficient (Wildman–Crippen LogP) is 7.32. The van der Waals surface area contributed by atoms with Crippen molar-refractivity contribution in [2.75, 3.05) is 7.11 Å². The Morgan fingerprint density at radius 1 is 0.912 bits per heavy atom. The van der Waals surface area contributed by atoms with Gasteiger partial charge in [0.25, 0.3) is 0 Å². The zero-order valence-corrected chi connectivity index (χ0v) is 23.2. The van der Waals surface area contributed by atoms with Crippen molar-refractivity contribution in [3.05, 3.63) is 11.6 Å². The second-order valence-corrected chi connectivity index (χ2v) is 15.1. The summed E-state index contributed by atoms with van der Waals surface area (Å²) >= 11 is 0. The molecule has 0 aromatic rings. The van der Waals surface area contributed by atoms with Gasteiger partial charge >= 0.3 is 5.97 Å². The van der Waals surface area contributed by atoms with Crippen LogP contribution in [0.25, 0.3) is 0 Å². The second-order valence-electron chi connectivity index (χ2n) is 15.1. The summed E-state index contributed by atoms with van der Waals surface area (Å²) < 4.78 is 5.29. The van der Waals surface area contributed by atoms with Gasteiger partial charge in [0.1, 0.15) is 0 Å². The molecule has 0 spiro atoms. The molecule has 0 aromatic carbocycles. The fraction of sp³-hybridized carbons (Fsp3) is 0.903. The SMILES string of the molecule is COC(=O)C1(C)CCC2(C)CCC3(C)C(=CCC4C5(C)CCC(O)C(C)(C)C5CCC43C)C2C1. The van der Waals surface area contributed by atoms with Gasteiger partial charge in [-0.25, -0.2) is 0 Å². The lowest BCUT2D eigenvalue weighted by Crippen LogP contribution is -2.64. The van der Waals surface area contributed by atoms with Crippen LogP contribution < -0.4 is 0 Å². The number of aliphatic hydroxyl groups is 1. The molecule has 1 N–H and O–H groups in total. The van der Waals surface area contributed by atoms with Crippen LogP contribution in [0.15, 0.2) is 11.6 Å². The zero-order valence-electron chi connectivity index (χ0n) is 23.2. The second kappa shape index (κ2) is 7.36. The van der Waals surface area contributed by atoms with Gasteiger partial charge in [0.2, 0.25) is 0 Å². The highest BCUT2D eigenvalue weighted by Gasteiger charge is 2.68. The summed E-state index contributed by atoms with van der Waals surface area (Å²) in [5.74, 6) is 1.72. The summed E-state index contributed by atoms with van der Waals surface area (Å²) in [5.41, 5.74) is 2.39. The molecule has 9 unspecified atom stereocenters. The third-order valence-corrected chi connectivity index (χ3v) is 13.5. The van der Waals surface area contributed by atoms with Crippen molar-refractivity contribution in [1.82, 2.24) is 0 Å². The van der Waals surface area contributed by atoms with Gasteiger partial charge in [0, 0.05) is 0 Å². The lowest BCUT2D eigenvalue weighted by Gasteiger charge is -2.71. The summed E-state index contributed by atoms with van der Waals surface area (Å²) in [6.45, 7) is 17.1. The van der Waals surface area contributed by atoms with Crippen molar-refractivity contribution in [1.29, 1.82) is 0 Å². The molecule has 5 aliphatic rings. The summed E-state index contributed by atoms with van der Waals surface area (Å²) in [6.07, 6.45) is 13.8. The molecule has 0 aliphatic heterocycles. The molecular weight excluding hydrogens is 420 g/mol. The fourth-order valence-electron chi connectivity index (χ4n) is 10.8. The molecule has 4 saturated carbocycles. The molecule has 5 rings (SSSR count). The number of ether oxygens (including phenoxy) is 1. The number of rotatable bonds is 1. The molecule has 9 atom stereocenters. The van der Waals surface area contributed by atoms with Crippen molar-refractivity contribution in [2.24, 2.45) is 50.2 Å². The molecule has 4 fully saturated rings.